The van der Waals surface area contributed by atoms with E-state index in [0.29, 0.717) is 0 Å². The topological polar surface area (TPSA) is 57.6 Å². The molecule has 1 saturated heterocycles. The smallest absolute Gasteiger partial charge is 0.196 e. The van der Waals surface area contributed by atoms with Crippen molar-refractivity contribution in [3.05, 3.63) is 23.2 Å². The molecule has 0 bridgehead atoms. The first-order valence-electron chi connectivity index (χ1n) is 4.65. The van der Waals surface area contributed by atoms with Gasteiger partial charge < -0.3 is 10.2 Å². The van der Waals surface area contributed by atoms with Gasteiger partial charge in [0.25, 0.3) is 0 Å². The lowest BCUT2D eigenvalue weighted by molar-refractivity contribution is 0.589. The van der Waals surface area contributed by atoms with E-state index in [0.717, 1.165) is 31.9 Å². The molecular weight excluding hydrogens is 180 g/mol. The second-order valence-electron chi connectivity index (χ2n) is 3.20. The molecule has 2 rings (SSSR count). The zero-order chi connectivity index (χ0) is 9.80. The van der Waals surface area contributed by atoms with Crippen molar-refractivity contribution in [1.82, 2.24) is 10.3 Å². The van der Waals surface area contributed by atoms with Crippen molar-refractivity contribution < 1.29 is 0 Å². The van der Waals surface area contributed by atoms with Crippen molar-refractivity contribution in [2.75, 3.05) is 31.1 Å². The summed E-state index contributed by atoms with van der Waals surface area (Å²) in [6.07, 6.45) is 1.70. The summed E-state index contributed by atoms with van der Waals surface area (Å²) in [6, 6.07) is 3.53. The van der Waals surface area contributed by atoms with Crippen molar-refractivity contribution in [2.45, 2.75) is 0 Å². The highest BCUT2D eigenvalue weighted by atomic mass is 16.3. The van der Waals surface area contributed by atoms with Gasteiger partial charge in [-0.2, -0.15) is 0 Å². The van der Waals surface area contributed by atoms with E-state index in [4.69, 9.17) is 0 Å². The fourth-order valence-corrected chi connectivity index (χ4v) is 1.54. The maximum absolute atomic E-state index is 10.2. The average Bonchev–Trinajstić information content (AvgIpc) is 2.30. The Bertz CT molecular complexity index is 305. The molecule has 5 heteroatoms. The van der Waals surface area contributed by atoms with Crippen LogP contribution in [-0.4, -0.2) is 31.2 Å². The number of hydrogen-bond acceptors (Lipinski definition) is 5. The minimum Gasteiger partial charge on any atom is -0.368 e. The first kappa shape index (κ1) is 9.08. The monoisotopic (exact) mass is 192 g/mol. The van der Waals surface area contributed by atoms with Crippen LogP contribution >= 0.6 is 0 Å². The van der Waals surface area contributed by atoms with Crippen LogP contribution in [0.5, 0.6) is 0 Å². The van der Waals surface area contributed by atoms with Crippen molar-refractivity contribution in [1.29, 1.82) is 0 Å². The van der Waals surface area contributed by atoms with E-state index in [9.17, 15) is 4.91 Å². The number of nitrogens with zero attached hydrogens (tertiary/aromatic N) is 3. The second-order valence-corrected chi connectivity index (χ2v) is 3.20. The van der Waals surface area contributed by atoms with E-state index in [2.05, 4.69) is 20.4 Å². The number of nitroso groups, excluding NO2 is 1. The van der Waals surface area contributed by atoms with Crippen LogP contribution in [0.4, 0.5) is 11.5 Å². The molecule has 1 aromatic rings. The molecule has 0 atom stereocenters. The van der Waals surface area contributed by atoms with Crippen molar-refractivity contribution in [3.8, 4) is 0 Å². The molecule has 74 valence electrons. The van der Waals surface area contributed by atoms with Gasteiger partial charge >= 0.3 is 0 Å². The van der Waals surface area contributed by atoms with E-state index in [-0.39, 0.29) is 5.82 Å². The second kappa shape index (κ2) is 4.15. The van der Waals surface area contributed by atoms with Crippen molar-refractivity contribution in [2.24, 2.45) is 5.18 Å². The third kappa shape index (κ3) is 1.88. The number of nitrogens with one attached hydrogen (secondary N) is 1. The van der Waals surface area contributed by atoms with Gasteiger partial charge in [-0.15, -0.1) is 4.91 Å². The van der Waals surface area contributed by atoms with Crippen LogP contribution in [0.3, 0.4) is 0 Å². The van der Waals surface area contributed by atoms with Crippen LogP contribution in [-0.2, 0) is 0 Å². The molecule has 0 aliphatic carbocycles. The number of pyridine rings is 1. The molecule has 0 saturated carbocycles. The molecule has 0 amide bonds. The summed E-state index contributed by atoms with van der Waals surface area (Å²) in [4.78, 5) is 16.3. The Morgan fingerprint density at radius 2 is 2.14 bits per heavy atom. The summed E-state index contributed by atoms with van der Waals surface area (Å²) in [5, 5.41) is 6.04. The predicted octanol–water partition coefficient (Wildman–Crippen LogP) is 0.889. The third-order valence-corrected chi connectivity index (χ3v) is 2.31. The van der Waals surface area contributed by atoms with Crippen LogP contribution in [0, 0.1) is 4.91 Å². The zero-order valence-corrected chi connectivity index (χ0v) is 7.81. The van der Waals surface area contributed by atoms with Gasteiger partial charge in [0.1, 0.15) is 0 Å². The number of anilines is 1. The van der Waals surface area contributed by atoms with E-state index >= 15 is 0 Å². The molecule has 0 aromatic carbocycles. The number of piperazine rings is 1. The molecule has 0 spiro atoms. The molecule has 1 N–H and O–H groups in total. The lowest BCUT2D eigenvalue weighted by Crippen LogP contribution is -2.43. The largest absolute Gasteiger partial charge is 0.368 e. The quantitative estimate of drug-likeness (QED) is 0.707. The summed E-state index contributed by atoms with van der Waals surface area (Å²) in [5.74, 6) is 0.240. The van der Waals surface area contributed by atoms with Gasteiger partial charge in [0.2, 0.25) is 0 Å². The molecule has 1 fully saturated rings. The maximum atomic E-state index is 10.2. The van der Waals surface area contributed by atoms with Gasteiger partial charge in [-0.25, -0.2) is 4.98 Å². The Hall–Kier alpha value is -1.49. The van der Waals surface area contributed by atoms with E-state index in [1.54, 1.807) is 12.3 Å². The lowest BCUT2D eigenvalue weighted by atomic mass is 10.3. The van der Waals surface area contributed by atoms with Crippen LogP contribution in [0.25, 0.3) is 0 Å². The average molecular weight is 192 g/mol. The van der Waals surface area contributed by atoms with Gasteiger partial charge in [-0.1, -0.05) is 0 Å². The number of hydrogen-bond donors (Lipinski definition) is 1. The predicted molar refractivity (Wildman–Crippen MR) is 54.8 cm³/mol. The third-order valence-electron chi connectivity index (χ3n) is 2.31. The Morgan fingerprint density at radius 3 is 2.71 bits per heavy atom. The highest BCUT2D eigenvalue weighted by Crippen LogP contribution is 2.16. The Kier molecular flexibility index (Phi) is 2.69. The van der Waals surface area contributed by atoms with Gasteiger partial charge in [-0.05, 0) is 17.3 Å². The molecule has 1 aliphatic rings. The van der Waals surface area contributed by atoms with Crippen LogP contribution in [0.2, 0.25) is 0 Å². The fraction of sp³-hybridized carbons (Fsp3) is 0.444. The van der Waals surface area contributed by atoms with E-state index < -0.39 is 0 Å². The highest BCUT2D eigenvalue weighted by molar-refractivity contribution is 5.48. The van der Waals surface area contributed by atoms with Gasteiger partial charge in [0.05, 0.1) is 11.9 Å². The minimum absolute atomic E-state index is 0.240. The number of aromatic nitrogens is 1. The van der Waals surface area contributed by atoms with Crippen LogP contribution in [0.1, 0.15) is 0 Å². The Balaban J connectivity index is 2.11. The molecule has 2 heterocycles. The summed E-state index contributed by atoms with van der Waals surface area (Å²) in [7, 11) is 0. The molecule has 1 aromatic heterocycles. The molecule has 14 heavy (non-hydrogen) atoms. The SMILES string of the molecule is O=Nc1ccc(N2CCNCC2)cn1. The molecule has 0 radical (unpaired) electrons. The first-order valence-corrected chi connectivity index (χ1v) is 4.65. The summed E-state index contributed by atoms with van der Waals surface area (Å²) in [6.45, 7) is 3.95. The fourth-order valence-electron chi connectivity index (χ4n) is 1.54. The van der Waals surface area contributed by atoms with Gasteiger partial charge in [0, 0.05) is 26.2 Å². The summed E-state index contributed by atoms with van der Waals surface area (Å²) >= 11 is 0. The van der Waals surface area contributed by atoms with Crippen molar-refractivity contribution >= 4 is 11.5 Å². The van der Waals surface area contributed by atoms with E-state index in [1.165, 1.54) is 0 Å². The Labute approximate surface area is 82.1 Å². The molecule has 0 unspecified atom stereocenters. The summed E-state index contributed by atoms with van der Waals surface area (Å²) < 4.78 is 0. The van der Waals surface area contributed by atoms with Gasteiger partial charge in [0.15, 0.2) is 5.82 Å². The Morgan fingerprint density at radius 1 is 1.36 bits per heavy atom. The lowest BCUT2D eigenvalue weighted by Gasteiger charge is -2.28. The maximum Gasteiger partial charge on any atom is 0.196 e. The molecular formula is C9H12N4O. The van der Waals surface area contributed by atoms with Crippen LogP contribution in [0.15, 0.2) is 23.5 Å². The molecule has 5 nitrogen and oxygen atoms in total. The number of rotatable bonds is 2. The standard InChI is InChI=1S/C9H12N4O/c14-12-9-2-1-8(7-11-9)13-5-3-10-4-6-13/h1-2,7,10H,3-6H2. The summed E-state index contributed by atoms with van der Waals surface area (Å²) in [5.41, 5.74) is 1.05. The van der Waals surface area contributed by atoms with Gasteiger partial charge in [-0.3, -0.25) is 0 Å². The molecule has 1 aliphatic heterocycles. The van der Waals surface area contributed by atoms with Crippen molar-refractivity contribution in [3.63, 3.8) is 0 Å². The van der Waals surface area contributed by atoms with E-state index in [1.807, 2.05) is 6.07 Å². The normalized spacial score (nSPS) is 16.7. The zero-order valence-electron chi connectivity index (χ0n) is 7.81. The minimum atomic E-state index is 0.240. The first-order chi connectivity index (χ1) is 6.90. The van der Waals surface area contributed by atoms with Crippen LogP contribution < -0.4 is 10.2 Å². The highest BCUT2D eigenvalue weighted by Gasteiger charge is 2.10.